The average molecular weight is 212 g/mol. The molecule has 1 aliphatic carbocycles. The molecule has 1 aliphatic rings. The van der Waals surface area contributed by atoms with Gasteiger partial charge in [0.25, 0.3) is 0 Å². The number of rotatable bonds is 2. The Labute approximate surface area is 87.7 Å². The third kappa shape index (κ3) is 2.34. The molecular weight excluding hydrogens is 198 g/mol. The third-order valence-corrected chi connectivity index (χ3v) is 3.10. The lowest BCUT2D eigenvalue weighted by molar-refractivity contribution is 0.132. The molecule has 2 unspecified atom stereocenters. The molecular formula is C12H14F2O. The Morgan fingerprint density at radius 2 is 2.00 bits per heavy atom. The Hall–Kier alpha value is -0.960. The van der Waals surface area contributed by atoms with Gasteiger partial charge >= 0.3 is 0 Å². The highest BCUT2D eigenvalue weighted by molar-refractivity contribution is 5.18. The molecule has 0 bridgehead atoms. The van der Waals surface area contributed by atoms with Gasteiger partial charge in [0.15, 0.2) is 11.6 Å². The van der Waals surface area contributed by atoms with Crippen molar-refractivity contribution in [3.8, 4) is 0 Å². The summed E-state index contributed by atoms with van der Waals surface area (Å²) in [4.78, 5) is 0. The first kappa shape index (κ1) is 10.6. The second-order valence-electron chi connectivity index (χ2n) is 4.21. The molecule has 1 fully saturated rings. The number of aliphatic hydroxyl groups excluding tert-OH is 1. The predicted molar refractivity (Wildman–Crippen MR) is 53.4 cm³/mol. The van der Waals surface area contributed by atoms with E-state index < -0.39 is 11.6 Å². The zero-order valence-corrected chi connectivity index (χ0v) is 8.42. The van der Waals surface area contributed by atoms with Crippen LogP contribution >= 0.6 is 0 Å². The minimum absolute atomic E-state index is 0.204. The Bertz CT molecular complexity index is 351. The second-order valence-corrected chi connectivity index (χ2v) is 4.21. The van der Waals surface area contributed by atoms with E-state index in [2.05, 4.69) is 0 Å². The molecule has 0 aliphatic heterocycles. The summed E-state index contributed by atoms with van der Waals surface area (Å²) in [6.07, 6.45) is 3.18. The topological polar surface area (TPSA) is 20.2 Å². The molecule has 0 radical (unpaired) electrons. The quantitative estimate of drug-likeness (QED) is 0.799. The van der Waals surface area contributed by atoms with E-state index in [-0.39, 0.29) is 12.0 Å². The summed E-state index contributed by atoms with van der Waals surface area (Å²) in [5.74, 6) is -1.42. The van der Waals surface area contributed by atoms with E-state index in [0.29, 0.717) is 6.42 Å². The van der Waals surface area contributed by atoms with Crippen LogP contribution < -0.4 is 0 Å². The molecule has 0 spiro atoms. The van der Waals surface area contributed by atoms with Crippen molar-refractivity contribution in [3.05, 3.63) is 35.4 Å². The van der Waals surface area contributed by atoms with Crippen LogP contribution in [-0.4, -0.2) is 11.2 Å². The van der Waals surface area contributed by atoms with Crippen molar-refractivity contribution in [3.63, 3.8) is 0 Å². The molecule has 1 N–H and O–H groups in total. The lowest BCUT2D eigenvalue weighted by Gasteiger charge is -2.14. The van der Waals surface area contributed by atoms with E-state index in [1.54, 1.807) is 6.07 Å². The van der Waals surface area contributed by atoms with Crippen LogP contribution in [0.4, 0.5) is 8.78 Å². The van der Waals surface area contributed by atoms with E-state index >= 15 is 0 Å². The van der Waals surface area contributed by atoms with E-state index in [4.69, 9.17) is 0 Å². The van der Waals surface area contributed by atoms with Crippen molar-refractivity contribution in [1.29, 1.82) is 0 Å². The van der Waals surface area contributed by atoms with Gasteiger partial charge in [0, 0.05) is 0 Å². The van der Waals surface area contributed by atoms with Gasteiger partial charge in [0.05, 0.1) is 6.10 Å². The van der Waals surface area contributed by atoms with E-state index in [1.807, 2.05) is 0 Å². The molecule has 1 saturated carbocycles. The van der Waals surface area contributed by atoms with Crippen molar-refractivity contribution in [2.24, 2.45) is 5.92 Å². The Balaban J connectivity index is 2.07. The summed E-state index contributed by atoms with van der Waals surface area (Å²) in [5, 5.41) is 9.61. The minimum Gasteiger partial charge on any atom is -0.393 e. The number of aliphatic hydroxyl groups is 1. The molecule has 0 heterocycles. The van der Waals surface area contributed by atoms with Crippen molar-refractivity contribution in [1.82, 2.24) is 0 Å². The Morgan fingerprint density at radius 1 is 1.20 bits per heavy atom. The van der Waals surface area contributed by atoms with Gasteiger partial charge in [0.1, 0.15) is 0 Å². The molecule has 15 heavy (non-hydrogen) atoms. The number of hydrogen-bond donors (Lipinski definition) is 1. The van der Waals surface area contributed by atoms with Gasteiger partial charge in [0.2, 0.25) is 0 Å². The Morgan fingerprint density at radius 3 is 2.60 bits per heavy atom. The lowest BCUT2D eigenvalue weighted by Crippen LogP contribution is -2.15. The summed E-state index contributed by atoms with van der Waals surface area (Å²) >= 11 is 0. The lowest BCUT2D eigenvalue weighted by atomic mass is 9.96. The van der Waals surface area contributed by atoms with Gasteiger partial charge in [-0.1, -0.05) is 12.5 Å². The largest absolute Gasteiger partial charge is 0.393 e. The van der Waals surface area contributed by atoms with Crippen molar-refractivity contribution >= 4 is 0 Å². The van der Waals surface area contributed by atoms with Crippen LogP contribution in [0.15, 0.2) is 18.2 Å². The monoisotopic (exact) mass is 212 g/mol. The first-order valence-electron chi connectivity index (χ1n) is 5.29. The van der Waals surface area contributed by atoms with Gasteiger partial charge in [-0.25, -0.2) is 8.78 Å². The number of halogens is 2. The van der Waals surface area contributed by atoms with Crippen LogP contribution in [-0.2, 0) is 6.42 Å². The predicted octanol–water partition coefficient (Wildman–Crippen LogP) is 2.67. The summed E-state index contributed by atoms with van der Waals surface area (Å²) < 4.78 is 25.6. The third-order valence-electron chi connectivity index (χ3n) is 3.10. The molecule has 0 aromatic heterocycles. The van der Waals surface area contributed by atoms with E-state index in [1.165, 1.54) is 6.07 Å². The fourth-order valence-electron chi connectivity index (χ4n) is 2.22. The highest BCUT2D eigenvalue weighted by Crippen LogP contribution is 2.28. The van der Waals surface area contributed by atoms with Crippen molar-refractivity contribution in [2.45, 2.75) is 31.8 Å². The standard InChI is InChI=1S/C12H14F2O/c13-10-5-4-8(7-11(10)14)6-9-2-1-3-12(9)15/h4-5,7,9,12,15H,1-3,6H2. The van der Waals surface area contributed by atoms with Crippen LogP contribution in [0.2, 0.25) is 0 Å². The van der Waals surface area contributed by atoms with Gasteiger partial charge in [-0.3, -0.25) is 0 Å². The summed E-state index contributed by atoms with van der Waals surface area (Å²) in [7, 11) is 0. The maximum atomic E-state index is 12.9. The summed E-state index contributed by atoms with van der Waals surface area (Å²) in [6, 6.07) is 3.95. The number of benzene rings is 1. The minimum atomic E-state index is -0.814. The highest BCUT2D eigenvalue weighted by Gasteiger charge is 2.25. The highest BCUT2D eigenvalue weighted by atomic mass is 19.2. The zero-order valence-electron chi connectivity index (χ0n) is 8.42. The average Bonchev–Trinajstić information content (AvgIpc) is 2.59. The first-order valence-corrected chi connectivity index (χ1v) is 5.29. The van der Waals surface area contributed by atoms with Crippen LogP contribution in [0.25, 0.3) is 0 Å². The van der Waals surface area contributed by atoms with Gasteiger partial charge < -0.3 is 5.11 Å². The maximum Gasteiger partial charge on any atom is 0.159 e. The van der Waals surface area contributed by atoms with Gasteiger partial charge in [-0.2, -0.15) is 0 Å². The first-order chi connectivity index (χ1) is 7.16. The molecule has 82 valence electrons. The van der Waals surface area contributed by atoms with Gasteiger partial charge in [-0.05, 0) is 42.9 Å². The Kier molecular flexibility index (Phi) is 3.00. The number of hydrogen-bond acceptors (Lipinski definition) is 1. The molecule has 1 aromatic rings. The smallest absolute Gasteiger partial charge is 0.159 e. The molecule has 2 rings (SSSR count). The molecule has 2 atom stereocenters. The van der Waals surface area contributed by atoms with Gasteiger partial charge in [-0.15, -0.1) is 0 Å². The summed E-state index contributed by atoms with van der Waals surface area (Å²) in [5.41, 5.74) is 0.764. The summed E-state index contributed by atoms with van der Waals surface area (Å²) in [6.45, 7) is 0. The molecule has 1 nitrogen and oxygen atoms in total. The van der Waals surface area contributed by atoms with Crippen LogP contribution in [0.5, 0.6) is 0 Å². The molecule has 3 heteroatoms. The van der Waals surface area contributed by atoms with Crippen LogP contribution in [0, 0.1) is 17.6 Å². The fraction of sp³-hybridized carbons (Fsp3) is 0.500. The molecule has 0 amide bonds. The maximum absolute atomic E-state index is 12.9. The fourth-order valence-corrected chi connectivity index (χ4v) is 2.22. The van der Waals surface area contributed by atoms with Crippen LogP contribution in [0.1, 0.15) is 24.8 Å². The van der Waals surface area contributed by atoms with Crippen LogP contribution in [0.3, 0.4) is 0 Å². The SMILES string of the molecule is OC1CCCC1Cc1ccc(F)c(F)c1. The normalized spacial score (nSPS) is 25.8. The molecule has 1 aromatic carbocycles. The molecule has 0 saturated heterocycles. The van der Waals surface area contributed by atoms with Crippen molar-refractivity contribution in [2.75, 3.05) is 0 Å². The zero-order chi connectivity index (χ0) is 10.8. The van der Waals surface area contributed by atoms with Crippen molar-refractivity contribution < 1.29 is 13.9 Å². The van der Waals surface area contributed by atoms with E-state index in [0.717, 1.165) is 30.9 Å². The van der Waals surface area contributed by atoms with E-state index in [9.17, 15) is 13.9 Å². The second kappa shape index (κ2) is 4.27.